The number of aryl methyl sites for hydroxylation is 1. The molecule has 0 bridgehead atoms. The molecule has 1 fully saturated rings. The van der Waals surface area contributed by atoms with Gasteiger partial charge >= 0.3 is 0 Å². The third-order valence-electron chi connectivity index (χ3n) is 3.71. The average Bonchev–Trinajstić information content (AvgIpc) is 2.83. The molecule has 3 rings (SSSR count). The molecule has 1 saturated heterocycles. The van der Waals surface area contributed by atoms with Crippen LogP contribution in [0.3, 0.4) is 0 Å². The Morgan fingerprint density at radius 1 is 1.15 bits per heavy atom. The number of thioether (sulfide) groups is 1. The highest BCUT2D eigenvalue weighted by atomic mass is 32.2. The molecule has 1 aromatic heterocycles. The van der Waals surface area contributed by atoms with Crippen LogP contribution in [0.4, 0.5) is 4.79 Å². The number of hydrogen-bond acceptors (Lipinski definition) is 3. The van der Waals surface area contributed by atoms with Crippen LogP contribution in [0.5, 0.6) is 0 Å². The Hall–Kier alpha value is -2.01. The third kappa shape index (κ3) is 1.78. The van der Waals surface area contributed by atoms with E-state index in [1.807, 2.05) is 44.3 Å². The molecular formula is C15H14N2O2S. The Morgan fingerprint density at radius 2 is 1.85 bits per heavy atom. The van der Waals surface area contributed by atoms with E-state index >= 15 is 0 Å². The van der Waals surface area contributed by atoms with Gasteiger partial charge in [-0.05, 0) is 30.8 Å². The van der Waals surface area contributed by atoms with Crippen LogP contribution >= 0.6 is 11.8 Å². The largest absolute Gasteiger partial charge is 0.347 e. The molecule has 0 unspecified atom stereocenters. The van der Waals surface area contributed by atoms with Gasteiger partial charge in [0.15, 0.2) is 0 Å². The summed E-state index contributed by atoms with van der Waals surface area (Å²) in [4.78, 5) is 25.2. The third-order valence-corrected chi connectivity index (χ3v) is 4.67. The van der Waals surface area contributed by atoms with Crippen molar-refractivity contribution in [3.05, 3.63) is 40.4 Å². The molecule has 2 heterocycles. The predicted molar refractivity (Wildman–Crippen MR) is 81.4 cm³/mol. The Kier molecular flexibility index (Phi) is 2.94. The maximum Gasteiger partial charge on any atom is 0.293 e. The summed E-state index contributed by atoms with van der Waals surface area (Å²) in [5, 5.41) is 0.870. The maximum atomic E-state index is 12.0. The van der Waals surface area contributed by atoms with Gasteiger partial charge in [-0.15, -0.1) is 0 Å². The monoisotopic (exact) mass is 286 g/mol. The number of amides is 2. The molecule has 0 N–H and O–H groups in total. The quantitative estimate of drug-likeness (QED) is 0.756. The summed E-state index contributed by atoms with van der Waals surface area (Å²) < 4.78 is 2.09. The van der Waals surface area contributed by atoms with Crippen LogP contribution in [0, 0.1) is 6.92 Å². The van der Waals surface area contributed by atoms with Gasteiger partial charge in [0.1, 0.15) is 0 Å². The van der Waals surface area contributed by atoms with Gasteiger partial charge in [0, 0.05) is 36.3 Å². The zero-order chi connectivity index (χ0) is 14.4. The number of carbonyl (C=O) groups is 2. The lowest BCUT2D eigenvalue weighted by Crippen LogP contribution is -2.22. The van der Waals surface area contributed by atoms with Crippen LogP contribution < -0.4 is 0 Å². The van der Waals surface area contributed by atoms with Crippen molar-refractivity contribution in [1.82, 2.24) is 9.47 Å². The van der Waals surface area contributed by atoms with Crippen molar-refractivity contribution in [2.75, 3.05) is 7.05 Å². The molecule has 4 nitrogen and oxygen atoms in total. The molecule has 0 aliphatic carbocycles. The first-order valence-electron chi connectivity index (χ1n) is 6.26. The molecule has 20 heavy (non-hydrogen) atoms. The van der Waals surface area contributed by atoms with Gasteiger partial charge in [-0.1, -0.05) is 18.2 Å². The summed E-state index contributed by atoms with van der Waals surface area (Å²) in [7, 11) is 3.51. The second-order valence-electron chi connectivity index (χ2n) is 4.82. The Balaban J connectivity index is 2.19. The predicted octanol–water partition coefficient (Wildman–Crippen LogP) is 3.15. The van der Waals surface area contributed by atoms with E-state index in [1.165, 1.54) is 7.05 Å². The highest BCUT2D eigenvalue weighted by Crippen LogP contribution is 2.34. The molecule has 5 heteroatoms. The summed E-state index contributed by atoms with van der Waals surface area (Å²) in [6.07, 6.45) is 1.83. The first-order valence-corrected chi connectivity index (χ1v) is 7.08. The molecule has 2 amide bonds. The van der Waals surface area contributed by atoms with Crippen LogP contribution in [-0.2, 0) is 11.8 Å². The fraction of sp³-hybridized carbons (Fsp3) is 0.200. The number of fused-ring (bicyclic) bond motifs is 1. The fourth-order valence-electron chi connectivity index (χ4n) is 2.41. The second-order valence-corrected chi connectivity index (χ2v) is 5.81. The molecule has 0 saturated carbocycles. The van der Waals surface area contributed by atoms with Gasteiger partial charge in [-0.25, -0.2) is 0 Å². The zero-order valence-corrected chi connectivity index (χ0v) is 12.3. The van der Waals surface area contributed by atoms with E-state index in [0.717, 1.165) is 38.8 Å². The molecule has 0 atom stereocenters. The fourth-order valence-corrected chi connectivity index (χ4v) is 3.22. The minimum Gasteiger partial charge on any atom is -0.347 e. The summed E-state index contributed by atoms with van der Waals surface area (Å²) in [5.41, 5.74) is 3.20. The van der Waals surface area contributed by atoms with E-state index < -0.39 is 0 Å². The number of hydrogen-bond donors (Lipinski definition) is 0. The van der Waals surface area contributed by atoms with Crippen molar-refractivity contribution in [2.45, 2.75) is 6.92 Å². The Labute approximate surface area is 121 Å². The lowest BCUT2D eigenvalue weighted by Gasteiger charge is -2.01. The minimum atomic E-state index is -0.229. The smallest absolute Gasteiger partial charge is 0.293 e. The number of para-hydroxylation sites is 1. The van der Waals surface area contributed by atoms with Crippen LogP contribution in [0.2, 0.25) is 0 Å². The van der Waals surface area contributed by atoms with Crippen molar-refractivity contribution in [2.24, 2.45) is 7.05 Å². The number of aromatic nitrogens is 1. The molecule has 1 aliphatic heterocycles. The van der Waals surface area contributed by atoms with Crippen LogP contribution in [0.15, 0.2) is 29.2 Å². The molecule has 102 valence electrons. The second kappa shape index (κ2) is 4.52. The number of imide groups is 1. The van der Waals surface area contributed by atoms with Crippen molar-refractivity contribution >= 4 is 39.9 Å². The highest BCUT2D eigenvalue weighted by molar-refractivity contribution is 8.18. The molecule has 0 radical (unpaired) electrons. The SMILES string of the molecule is Cc1c(/C=C2\SC(=O)N(C)C2=O)c2ccccc2n1C. The summed E-state index contributed by atoms with van der Waals surface area (Å²) in [6.45, 7) is 2.02. The van der Waals surface area contributed by atoms with Gasteiger partial charge in [0.25, 0.3) is 11.1 Å². The number of rotatable bonds is 1. The standard InChI is InChI=1S/C15H14N2O2S/c1-9-11(8-13-14(18)17(3)15(19)20-13)10-6-4-5-7-12(10)16(9)2/h4-8H,1-3H3/b13-8-. The van der Waals surface area contributed by atoms with E-state index in [-0.39, 0.29) is 11.1 Å². The Morgan fingerprint density at radius 3 is 2.50 bits per heavy atom. The maximum absolute atomic E-state index is 12.0. The van der Waals surface area contributed by atoms with Crippen molar-refractivity contribution in [3.8, 4) is 0 Å². The lowest BCUT2D eigenvalue weighted by atomic mass is 10.1. The topological polar surface area (TPSA) is 42.3 Å². The van der Waals surface area contributed by atoms with Crippen LogP contribution in [0.25, 0.3) is 17.0 Å². The van der Waals surface area contributed by atoms with Gasteiger partial charge in [-0.3, -0.25) is 14.5 Å². The van der Waals surface area contributed by atoms with E-state index in [2.05, 4.69) is 4.57 Å². The highest BCUT2D eigenvalue weighted by Gasteiger charge is 2.32. The summed E-state index contributed by atoms with van der Waals surface area (Å²) in [5.74, 6) is -0.229. The Bertz CT molecular complexity index is 774. The first kappa shape index (κ1) is 13.0. The van der Waals surface area contributed by atoms with Crippen molar-refractivity contribution in [3.63, 3.8) is 0 Å². The van der Waals surface area contributed by atoms with Crippen LogP contribution in [-0.4, -0.2) is 27.7 Å². The van der Waals surface area contributed by atoms with Crippen molar-refractivity contribution < 1.29 is 9.59 Å². The van der Waals surface area contributed by atoms with Gasteiger partial charge in [0.05, 0.1) is 4.91 Å². The van der Waals surface area contributed by atoms with E-state index in [9.17, 15) is 9.59 Å². The number of likely N-dealkylation sites (N-methyl/N-ethyl adjacent to an activating group) is 1. The van der Waals surface area contributed by atoms with Gasteiger partial charge < -0.3 is 4.57 Å². The molecule has 0 spiro atoms. The number of carbonyl (C=O) groups excluding carboxylic acids is 2. The molecule has 1 aliphatic rings. The van der Waals surface area contributed by atoms with Crippen LogP contribution in [0.1, 0.15) is 11.3 Å². The molecular weight excluding hydrogens is 272 g/mol. The van der Waals surface area contributed by atoms with Gasteiger partial charge in [-0.2, -0.15) is 0 Å². The van der Waals surface area contributed by atoms with E-state index in [1.54, 1.807) is 0 Å². The first-order chi connectivity index (χ1) is 9.50. The summed E-state index contributed by atoms with van der Waals surface area (Å²) in [6, 6.07) is 8.05. The van der Waals surface area contributed by atoms with E-state index in [0.29, 0.717) is 4.91 Å². The normalized spacial score (nSPS) is 17.8. The average molecular weight is 286 g/mol. The minimum absolute atomic E-state index is 0.223. The number of benzene rings is 1. The summed E-state index contributed by atoms with van der Waals surface area (Å²) >= 11 is 0.992. The van der Waals surface area contributed by atoms with Crippen molar-refractivity contribution in [1.29, 1.82) is 0 Å². The van der Waals surface area contributed by atoms with E-state index in [4.69, 9.17) is 0 Å². The molecule has 1 aromatic carbocycles. The lowest BCUT2D eigenvalue weighted by molar-refractivity contribution is -0.121. The van der Waals surface area contributed by atoms with Gasteiger partial charge in [0.2, 0.25) is 0 Å². The zero-order valence-electron chi connectivity index (χ0n) is 11.5. The molecule has 2 aromatic rings. The number of nitrogens with zero attached hydrogens (tertiary/aromatic N) is 2.